The second kappa shape index (κ2) is 9.48. The summed E-state index contributed by atoms with van der Waals surface area (Å²) in [6, 6.07) is 17.2. The van der Waals surface area contributed by atoms with Crippen molar-refractivity contribution < 1.29 is 14.2 Å². The molecule has 0 aliphatic carbocycles. The summed E-state index contributed by atoms with van der Waals surface area (Å²) >= 11 is 5.90. The fraction of sp³-hybridized carbons (Fsp3) is 0.286. The summed E-state index contributed by atoms with van der Waals surface area (Å²) in [5.41, 5.74) is 1.92. The van der Waals surface area contributed by atoms with Gasteiger partial charge in [-0.3, -0.25) is 4.79 Å². The fourth-order valence-electron chi connectivity index (χ4n) is 2.91. The Bertz CT molecular complexity index is 894. The Kier molecular flexibility index (Phi) is 6.79. The van der Waals surface area contributed by atoms with E-state index in [-0.39, 0.29) is 18.4 Å². The molecule has 0 radical (unpaired) electrons. The molecule has 0 aliphatic rings. The number of likely N-dealkylation sites (N-methyl/N-ethyl adjacent to an activating group) is 1. The monoisotopic (exact) mass is 399 g/mol. The molecule has 1 heterocycles. The SMILES string of the molecule is C[NH+](C)C[C@@H](NC(=O)CCc1nc(-c2ccc(Cl)cc2)no1)c1ccccc1. The zero-order valence-corrected chi connectivity index (χ0v) is 16.7. The van der Waals surface area contributed by atoms with Crippen molar-refractivity contribution in [2.24, 2.45) is 0 Å². The molecule has 2 N–H and O–H groups in total. The van der Waals surface area contributed by atoms with Crippen LogP contribution in [0.15, 0.2) is 59.1 Å². The van der Waals surface area contributed by atoms with Crippen LogP contribution in [0.4, 0.5) is 0 Å². The first kappa shape index (κ1) is 20.0. The molecule has 0 aliphatic heterocycles. The van der Waals surface area contributed by atoms with Crippen LogP contribution in [-0.4, -0.2) is 36.7 Å². The third-order valence-corrected chi connectivity index (χ3v) is 4.54. The van der Waals surface area contributed by atoms with Crippen molar-refractivity contribution >= 4 is 17.5 Å². The Morgan fingerprint density at radius 1 is 1.14 bits per heavy atom. The number of aromatic nitrogens is 2. The van der Waals surface area contributed by atoms with E-state index in [9.17, 15) is 4.79 Å². The third kappa shape index (κ3) is 5.65. The highest BCUT2D eigenvalue weighted by atomic mass is 35.5. The van der Waals surface area contributed by atoms with Crippen molar-refractivity contribution in [3.63, 3.8) is 0 Å². The number of carbonyl (C=O) groups excluding carboxylic acids is 1. The number of hydrogen-bond acceptors (Lipinski definition) is 4. The van der Waals surface area contributed by atoms with Crippen LogP contribution >= 0.6 is 11.6 Å². The number of carbonyl (C=O) groups is 1. The topological polar surface area (TPSA) is 72.5 Å². The summed E-state index contributed by atoms with van der Waals surface area (Å²) in [4.78, 5) is 18.1. The van der Waals surface area contributed by atoms with E-state index in [2.05, 4.69) is 29.6 Å². The van der Waals surface area contributed by atoms with Gasteiger partial charge in [-0.25, -0.2) is 0 Å². The van der Waals surface area contributed by atoms with Crippen LogP contribution in [0.3, 0.4) is 0 Å². The van der Waals surface area contributed by atoms with Crippen molar-refractivity contribution in [3.8, 4) is 11.4 Å². The molecule has 0 saturated carbocycles. The molecule has 1 aromatic heterocycles. The molecule has 0 unspecified atom stereocenters. The molecule has 3 aromatic rings. The quantitative estimate of drug-likeness (QED) is 0.609. The van der Waals surface area contributed by atoms with Gasteiger partial charge in [0.2, 0.25) is 17.6 Å². The molecular formula is C21H24ClN4O2+. The van der Waals surface area contributed by atoms with Gasteiger partial charge in [0.1, 0.15) is 12.6 Å². The zero-order chi connectivity index (χ0) is 19.9. The Balaban J connectivity index is 1.58. The predicted molar refractivity (Wildman–Crippen MR) is 108 cm³/mol. The number of quaternary nitrogens is 1. The molecule has 2 aromatic carbocycles. The second-order valence-electron chi connectivity index (χ2n) is 6.96. The van der Waals surface area contributed by atoms with Crippen molar-refractivity contribution in [2.45, 2.75) is 18.9 Å². The molecule has 0 bridgehead atoms. The average molecular weight is 400 g/mol. The number of nitrogens with one attached hydrogen (secondary N) is 2. The van der Waals surface area contributed by atoms with Gasteiger partial charge in [-0.1, -0.05) is 47.1 Å². The van der Waals surface area contributed by atoms with Gasteiger partial charge in [-0.2, -0.15) is 4.98 Å². The normalized spacial score (nSPS) is 12.1. The van der Waals surface area contributed by atoms with E-state index in [0.717, 1.165) is 17.7 Å². The van der Waals surface area contributed by atoms with Gasteiger partial charge in [0.15, 0.2) is 0 Å². The van der Waals surface area contributed by atoms with Crippen molar-refractivity contribution in [3.05, 3.63) is 71.1 Å². The van der Waals surface area contributed by atoms with Crippen molar-refractivity contribution in [2.75, 3.05) is 20.6 Å². The standard InChI is InChI=1S/C21H23ClN4O2/c1-26(2)14-18(15-6-4-3-5-7-15)23-19(27)12-13-20-24-21(25-28-20)16-8-10-17(22)11-9-16/h3-11,18H,12-14H2,1-2H3,(H,23,27)/p+1/t18-/m1/s1. The van der Waals surface area contributed by atoms with E-state index in [4.69, 9.17) is 16.1 Å². The van der Waals surface area contributed by atoms with Crippen LogP contribution in [0.5, 0.6) is 0 Å². The first-order valence-corrected chi connectivity index (χ1v) is 9.61. The number of rotatable bonds is 8. The summed E-state index contributed by atoms with van der Waals surface area (Å²) in [6.45, 7) is 0.803. The number of aryl methyl sites for hydroxylation is 1. The Labute approximate surface area is 169 Å². The molecule has 146 valence electrons. The maximum Gasteiger partial charge on any atom is 0.227 e. The molecule has 28 heavy (non-hydrogen) atoms. The highest BCUT2D eigenvalue weighted by Crippen LogP contribution is 2.19. The van der Waals surface area contributed by atoms with E-state index >= 15 is 0 Å². The van der Waals surface area contributed by atoms with Crippen LogP contribution in [0.25, 0.3) is 11.4 Å². The minimum atomic E-state index is -0.0404. The van der Waals surface area contributed by atoms with Crippen LogP contribution < -0.4 is 10.2 Å². The molecule has 0 spiro atoms. The number of hydrogen-bond donors (Lipinski definition) is 2. The molecule has 0 fully saturated rings. The van der Waals surface area contributed by atoms with Crippen LogP contribution in [0.1, 0.15) is 23.9 Å². The van der Waals surface area contributed by atoms with Gasteiger partial charge >= 0.3 is 0 Å². The molecule has 0 saturated heterocycles. The highest BCUT2D eigenvalue weighted by Gasteiger charge is 2.18. The lowest BCUT2D eigenvalue weighted by Crippen LogP contribution is -3.06. The number of halogens is 1. The lowest BCUT2D eigenvalue weighted by molar-refractivity contribution is -0.860. The summed E-state index contributed by atoms with van der Waals surface area (Å²) in [5, 5.41) is 7.74. The summed E-state index contributed by atoms with van der Waals surface area (Å²) in [5.74, 6) is 0.890. The maximum absolute atomic E-state index is 12.5. The smallest absolute Gasteiger partial charge is 0.227 e. The van der Waals surface area contributed by atoms with Gasteiger partial charge < -0.3 is 14.7 Å². The average Bonchev–Trinajstić information content (AvgIpc) is 3.16. The fourth-order valence-corrected chi connectivity index (χ4v) is 3.03. The first-order chi connectivity index (χ1) is 13.5. The minimum absolute atomic E-state index is 0.0361. The van der Waals surface area contributed by atoms with Crippen LogP contribution in [0.2, 0.25) is 5.02 Å². The number of nitrogens with zero attached hydrogens (tertiary/aromatic N) is 2. The van der Waals surface area contributed by atoms with E-state index in [1.54, 1.807) is 12.1 Å². The van der Waals surface area contributed by atoms with E-state index in [0.29, 0.717) is 23.2 Å². The first-order valence-electron chi connectivity index (χ1n) is 9.23. The van der Waals surface area contributed by atoms with E-state index in [1.165, 1.54) is 4.90 Å². The molecule has 1 atom stereocenters. The number of benzene rings is 2. The largest absolute Gasteiger partial charge is 0.344 e. The molecular weight excluding hydrogens is 376 g/mol. The summed E-state index contributed by atoms with van der Waals surface area (Å²) < 4.78 is 5.28. The Morgan fingerprint density at radius 2 is 1.86 bits per heavy atom. The lowest BCUT2D eigenvalue weighted by Gasteiger charge is -2.20. The van der Waals surface area contributed by atoms with Crippen molar-refractivity contribution in [1.29, 1.82) is 0 Å². The van der Waals surface area contributed by atoms with E-state index < -0.39 is 0 Å². The second-order valence-corrected chi connectivity index (χ2v) is 7.40. The van der Waals surface area contributed by atoms with Gasteiger partial charge in [0.05, 0.1) is 14.1 Å². The van der Waals surface area contributed by atoms with Crippen LogP contribution in [-0.2, 0) is 11.2 Å². The third-order valence-electron chi connectivity index (χ3n) is 4.29. The molecule has 3 rings (SSSR count). The zero-order valence-electron chi connectivity index (χ0n) is 16.0. The predicted octanol–water partition coefficient (Wildman–Crippen LogP) is 2.32. The molecule has 7 heteroatoms. The number of amides is 1. The Hall–Kier alpha value is -2.70. The lowest BCUT2D eigenvalue weighted by atomic mass is 10.1. The minimum Gasteiger partial charge on any atom is -0.344 e. The maximum atomic E-state index is 12.5. The summed E-state index contributed by atoms with van der Waals surface area (Å²) in [7, 11) is 4.14. The van der Waals surface area contributed by atoms with Crippen molar-refractivity contribution in [1.82, 2.24) is 15.5 Å². The van der Waals surface area contributed by atoms with Gasteiger partial charge in [0, 0.05) is 23.4 Å². The van der Waals surface area contributed by atoms with Gasteiger partial charge in [0.25, 0.3) is 0 Å². The highest BCUT2D eigenvalue weighted by molar-refractivity contribution is 6.30. The van der Waals surface area contributed by atoms with Gasteiger partial charge in [-0.05, 0) is 29.8 Å². The molecule has 6 nitrogen and oxygen atoms in total. The summed E-state index contributed by atoms with van der Waals surface area (Å²) in [6.07, 6.45) is 0.678. The Morgan fingerprint density at radius 3 is 2.54 bits per heavy atom. The molecule has 1 amide bonds. The van der Waals surface area contributed by atoms with Crippen LogP contribution in [0, 0.1) is 0 Å². The van der Waals surface area contributed by atoms with E-state index in [1.807, 2.05) is 42.5 Å². The van der Waals surface area contributed by atoms with Gasteiger partial charge in [-0.15, -0.1) is 0 Å².